The fourth-order valence-electron chi connectivity index (χ4n) is 2.55. The molecule has 0 aromatic heterocycles. The van der Waals surface area contributed by atoms with Crippen LogP contribution >= 0.6 is 0 Å². The molecule has 2 rings (SSSR count). The average molecular weight is 243 g/mol. The third-order valence-corrected chi connectivity index (χ3v) is 3.63. The molecule has 0 radical (unpaired) electrons. The first-order chi connectivity index (χ1) is 7.91. The van der Waals surface area contributed by atoms with Crippen molar-refractivity contribution in [3.05, 3.63) is 0 Å². The second-order valence-electron chi connectivity index (χ2n) is 4.38. The minimum atomic E-state index is -1.71. The van der Waals surface area contributed by atoms with Crippen LogP contribution in [0.15, 0.2) is 0 Å². The molecule has 0 aliphatic carbocycles. The van der Waals surface area contributed by atoms with Gasteiger partial charge in [-0.3, -0.25) is 9.59 Å². The predicted molar refractivity (Wildman–Crippen MR) is 52.6 cm³/mol. The third-order valence-electron chi connectivity index (χ3n) is 3.63. The third kappa shape index (κ3) is 1.22. The van der Waals surface area contributed by atoms with Crippen LogP contribution in [0, 0.1) is 5.92 Å². The summed E-state index contributed by atoms with van der Waals surface area (Å²) in [6.07, 6.45) is -0.0962. The van der Waals surface area contributed by atoms with Crippen LogP contribution in [0.1, 0.15) is 13.3 Å². The lowest BCUT2D eigenvalue weighted by atomic mass is 9.77. The van der Waals surface area contributed by atoms with Crippen molar-refractivity contribution in [3.8, 4) is 0 Å². The van der Waals surface area contributed by atoms with Gasteiger partial charge in [0.05, 0.1) is 26.1 Å². The van der Waals surface area contributed by atoms with E-state index >= 15 is 0 Å². The Hall–Kier alpha value is -1.63. The molecule has 1 unspecified atom stereocenters. The summed E-state index contributed by atoms with van der Waals surface area (Å²) in [6, 6.07) is 0. The summed E-state index contributed by atoms with van der Waals surface area (Å²) in [5.74, 6) is -2.65. The van der Waals surface area contributed by atoms with Crippen LogP contribution in [0.3, 0.4) is 0 Å². The summed E-state index contributed by atoms with van der Waals surface area (Å²) in [6.45, 7) is 0.763. The zero-order valence-electron chi connectivity index (χ0n) is 9.48. The summed E-state index contributed by atoms with van der Waals surface area (Å²) in [5.41, 5.74) is -3.11. The standard InChI is InChI=1S/C10H13NO6/c1-9-5(3-6(13)17-9)7(14)11-10(9,4-12)8(15)16-2/h5,12H,3-4H2,1-2H3,(H,11,14)/t5?,9-,10-/m0/s1. The van der Waals surface area contributed by atoms with Crippen molar-refractivity contribution < 1.29 is 29.0 Å². The highest BCUT2D eigenvalue weighted by Gasteiger charge is 2.71. The van der Waals surface area contributed by atoms with Crippen LogP contribution < -0.4 is 5.32 Å². The largest absolute Gasteiger partial charge is 0.467 e. The number of methoxy groups -OCH3 is 1. The quantitative estimate of drug-likeness (QED) is 0.563. The topological polar surface area (TPSA) is 102 Å². The molecule has 2 heterocycles. The Labute approximate surface area is 97.1 Å². The molecule has 2 N–H and O–H groups in total. The van der Waals surface area contributed by atoms with Crippen molar-refractivity contribution in [2.75, 3.05) is 13.7 Å². The van der Waals surface area contributed by atoms with Crippen LogP contribution in [-0.4, -0.2) is 47.8 Å². The Morgan fingerprint density at radius 3 is 2.82 bits per heavy atom. The number of hydrogen-bond acceptors (Lipinski definition) is 6. The minimum absolute atomic E-state index is 0.0962. The second kappa shape index (κ2) is 3.43. The first-order valence-electron chi connectivity index (χ1n) is 5.14. The molecule has 2 saturated heterocycles. The number of aliphatic hydroxyl groups is 1. The van der Waals surface area contributed by atoms with Crippen molar-refractivity contribution in [2.45, 2.75) is 24.5 Å². The number of aliphatic hydroxyl groups excluding tert-OH is 1. The molecule has 1 amide bonds. The molecule has 2 aliphatic rings. The molecular weight excluding hydrogens is 230 g/mol. The van der Waals surface area contributed by atoms with Gasteiger partial charge in [-0.15, -0.1) is 0 Å². The number of carbonyl (C=O) groups excluding carboxylic acids is 3. The van der Waals surface area contributed by atoms with Gasteiger partial charge in [0.2, 0.25) is 11.4 Å². The summed E-state index contributed by atoms with van der Waals surface area (Å²) >= 11 is 0. The molecule has 0 aromatic rings. The highest BCUT2D eigenvalue weighted by Crippen LogP contribution is 2.46. The molecule has 2 fully saturated rings. The second-order valence-corrected chi connectivity index (χ2v) is 4.38. The molecule has 2 aliphatic heterocycles. The maximum absolute atomic E-state index is 11.8. The van der Waals surface area contributed by atoms with Gasteiger partial charge < -0.3 is 19.9 Å². The van der Waals surface area contributed by atoms with Gasteiger partial charge in [-0.25, -0.2) is 4.79 Å². The highest BCUT2D eigenvalue weighted by atomic mass is 16.6. The van der Waals surface area contributed by atoms with Crippen molar-refractivity contribution >= 4 is 17.8 Å². The van der Waals surface area contributed by atoms with Crippen molar-refractivity contribution in [1.29, 1.82) is 0 Å². The molecular formula is C10H13NO6. The fraction of sp³-hybridized carbons (Fsp3) is 0.700. The summed E-state index contributed by atoms with van der Waals surface area (Å²) in [7, 11) is 1.14. The van der Waals surface area contributed by atoms with E-state index in [9.17, 15) is 19.5 Å². The minimum Gasteiger partial charge on any atom is -0.467 e. The number of rotatable bonds is 2. The molecule has 7 nitrogen and oxygen atoms in total. The van der Waals surface area contributed by atoms with Crippen molar-refractivity contribution in [1.82, 2.24) is 5.32 Å². The van der Waals surface area contributed by atoms with E-state index in [0.717, 1.165) is 7.11 Å². The van der Waals surface area contributed by atoms with Gasteiger partial charge in [0.15, 0.2) is 5.60 Å². The Morgan fingerprint density at radius 2 is 2.29 bits per heavy atom. The van der Waals surface area contributed by atoms with E-state index in [4.69, 9.17) is 4.74 Å². The molecule has 17 heavy (non-hydrogen) atoms. The smallest absolute Gasteiger partial charge is 0.338 e. The molecule has 7 heteroatoms. The summed E-state index contributed by atoms with van der Waals surface area (Å²) in [4.78, 5) is 34.8. The number of carbonyl (C=O) groups is 3. The highest BCUT2D eigenvalue weighted by molar-refractivity contribution is 5.99. The van der Waals surface area contributed by atoms with E-state index in [-0.39, 0.29) is 6.42 Å². The molecule has 94 valence electrons. The number of esters is 2. The Kier molecular flexibility index (Phi) is 2.39. The first-order valence-corrected chi connectivity index (χ1v) is 5.14. The molecule has 0 aromatic carbocycles. The Morgan fingerprint density at radius 1 is 1.65 bits per heavy atom. The zero-order valence-corrected chi connectivity index (χ0v) is 9.48. The number of nitrogens with one attached hydrogen (secondary N) is 1. The maximum atomic E-state index is 11.8. The Bertz CT molecular complexity index is 408. The maximum Gasteiger partial charge on any atom is 0.338 e. The van der Waals surface area contributed by atoms with Gasteiger partial charge in [-0.1, -0.05) is 0 Å². The van der Waals surface area contributed by atoms with Gasteiger partial charge >= 0.3 is 11.9 Å². The van der Waals surface area contributed by atoms with E-state index in [0.29, 0.717) is 0 Å². The molecule has 3 atom stereocenters. The molecule has 0 spiro atoms. The lowest BCUT2D eigenvalue weighted by Gasteiger charge is -2.36. The van der Waals surface area contributed by atoms with E-state index in [2.05, 4.69) is 10.1 Å². The van der Waals surface area contributed by atoms with Crippen LogP contribution in [0.5, 0.6) is 0 Å². The van der Waals surface area contributed by atoms with Crippen LogP contribution in [0.25, 0.3) is 0 Å². The zero-order chi connectivity index (χ0) is 12.8. The van der Waals surface area contributed by atoms with Gasteiger partial charge in [0.1, 0.15) is 0 Å². The predicted octanol–water partition coefficient (Wildman–Crippen LogP) is -1.66. The van der Waals surface area contributed by atoms with Crippen LogP contribution in [0.4, 0.5) is 0 Å². The van der Waals surface area contributed by atoms with E-state index < -0.39 is 41.5 Å². The normalized spacial score (nSPS) is 39.6. The summed E-state index contributed by atoms with van der Waals surface area (Å²) < 4.78 is 9.67. The van der Waals surface area contributed by atoms with Crippen molar-refractivity contribution in [3.63, 3.8) is 0 Å². The molecule has 0 bridgehead atoms. The van der Waals surface area contributed by atoms with Gasteiger partial charge in [-0.2, -0.15) is 0 Å². The molecule has 0 saturated carbocycles. The SMILES string of the molecule is COC(=O)[C@]1(CO)NC(=O)C2CC(=O)O[C@@]21C. The van der Waals surface area contributed by atoms with Crippen molar-refractivity contribution in [2.24, 2.45) is 5.92 Å². The van der Waals surface area contributed by atoms with Gasteiger partial charge in [0, 0.05) is 0 Å². The Balaban J connectivity index is 2.51. The summed E-state index contributed by atoms with van der Waals surface area (Å²) in [5, 5.41) is 11.8. The first kappa shape index (κ1) is 11.8. The number of hydrogen-bond donors (Lipinski definition) is 2. The van der Waals surface area contributed by atoms with E-state index in [1.54, 1.807) is 0 Å². The van der Waals surface area contributed by atoms with Crippen LogP contribution in [-0.2, 0) is 23.9 Å². The van der Waals surface area contributed by atoms with Crippen LogP contribution in [0.2, 0.25) is 0 Å². The van der Waals surface area contributed by atoms with Gasteiger partial charge in [0.25, 0.3) is 0 Å². The number of amides is 1. The van der Waals surface area contributed by atoms with Gasteiger partial charge in [-0.05, 0) is 6.92 Å². The lowest BCUT2D eigenvalue weighted by Crippen LogP contribution is -2.65. The number of fused-ring (bicyclic) bond motifs is 1. The lowest BCUT2D eigenvalue weighted by molar-refractivity contribution is -0.170. The van der Waals surface area contributed by atoms with E-state index in [1.807, 2.05) is 0 Å². The average Bonchev–Trinajstić information content (AvgIpc) is 2.70. The number of ether oxygens (including phenoxy) is 2. The fourth-order valence-corrected chi connectivity index (χ4v) is 2.55. The van der Waals surface area contributed by atoms with E-state index in [1.165, 1.54) is 6.92 Å². The monoisotopic (exact) mass is 243 g/mol.